The van der Waals surface area contributed by atoms with Gasteiger partial charge in [-0.15, -0.1) is 0 Å². The van der Waals surface area contributed by atoms with E-state index in [2.05, 4.69) is 10.1 Å². The second-order valence-electron chi connectivity index (χ2n) is 7.35. The summed E-state index contributed by atoms with van der Waals surface area (Å²) >= 11 is 0. The van der Waals surface area contributed by atoms with Crippen LogP contribution in [0.1, 0.15) is 11.3 Å². The van der Waals surface area contributed by atoms with E-state index in [-0.39, 0.29) is 24.2 Å². The molecule has 1 saturated heterocycles. The number of hydrogen-bond donors (Lipinski definition) is 1. The van der Waals surface area contributed by atoms with Gasteiger partial charge in [0.05, 0.1) is 30.2 Å². The summed E-state index contributed by atoms with van der Waals surface area (Å²) in [5.41, 5.74) is 8.73. The van der Waals surface area contributed by atoms with Crippen LogP contribution < -0.4 is 16.1 Å². The maximum absolute atomic E-state index is 13.2. The van der Waals surface area contributed by atoms with Gasteiger partial charge < -0.3 is 10.6 Å². The Labute approximate surface area is 178 Å². The topological polar surface area (TPSA) is 76.5 Å². The minimum atomic E-state index is -2.63. The van der Waals surface area contributed by atoms with Gasteiger partial charge in [0.25, 0.3) is 5.92 Å². The van der Waals surface area contributed by atoms with Gasteiger partial charge >= 0.3 is 0 Å². The first-order valence-corrected chi connectivity index (χ1v) is 9.72. The van der Waals surface area contributed by atoms with E-state index >= 15 is 0 Å². The molecule has 6 nitrogen and oxygen atoms in total. The van der Waals surface area contributed by atoms with Crippen molar-refractivity contribution in [3.63, 3.8) is 0 Å². The Hall–Kier alpha value is -3.81. The summed E-state index contributed by atoms with van der Waals surface area (Å²) in [6, 6.07) is 16.0. The van der Waals surface area contributed by atoms with Crippen LogP contribution in [0.5, 0.6) is 0 Å². The van der Waals surface area contributed by atoms with Gasteiger partial charge in [-0.2, -0.15) is 5.10 Å². The molecule has 2 N–H and O–H groups in total. The molecular formula is C23H21F2N5O. The number of aromatic nitrogens is 2. The first-order valence-electron chi connectivity index (χ1n) is 9.72. The van der Waals surface area contributed by atoms with Crippen LogP contribution in [-0.4, -0.2) is 34.5 Å². The summed E-state index contributed by atoms with van der Waals surface area (Å²) in [6.07, 6.45) is 4.40. The lowest BCUT2D eigenvalue weighted by atomic mass is 10.1. The van der Waals surface area contributed by atoms with Crippen molar-refractivity contribution in [2.45, 2.75) is 12.8 Å². The lowest BCUT2D eigenvalue weighted by molar-refractivity contribution is -0.0262. The summed E-state index contributed by atoms with van der Waals surface area (Å²) in [6.45, 7) is 1.31. The number of para-hydroxylation sites is 1. The van der Waals surface area contributed by atoms with E-state index in [0.29, 0.717) is 11.4 Å². The summed E-state index contributed by atoms with van der Waals surface area (Å²) in [7, 11) is 0. The highest BCUT2D eigenvalue weighted by atomic mass is 19.3. The fourth-order valence-corrected chi connectivity index (χ4v) is 3.41. The van der Waals surface area contributed by atoms with Crippen molar-refractivity contribution in [2.75, 3.05) is 18.0 Å². The Bertz CT molecular complexity index is 1210. The zero-order valence-electron chi connectivity index (χ0n) is 16.9. The maximum Gasteiger partial charge on any atom is 0.282 e. The normalized spacial score (nSPS) is 15.8. The van der Waals surface area contributed by atoms with Crippen molar-refractivity contribution in [3.05, 3.63) is 94.6 Å². The van der Waals surface area contributed by atoms with Crippen molar-refractivity contribution in [1.29, 1.82) is 0 Å². The second kappa shape index (κ2) is 8.14. The van der Waals surface area contributed by atoms with E-state index in [1.165, 1.54) is 18.3 Å². The maximum atomic E-state index is 13.2. The van der Waals surface area contributed by atoms with Gasteiger partial charge in [-0.25, -0.2) is 18.5 Å². The molecule has 2 aromatic carbocycles. The molecule has 0 atom stereocenters. The SMILES string of the molecule is Cc1cc(N2CC(F)(F)C2)ccc1-n1ccc(=O)c(C(C=CN)=Nc2ccccc2)n1. The van der Waals surface area contributed by atoms with Gasteiger partial charge in [0.1, 0.15) is 0 Å². The van der Waals surface area contributed by atoms with Crippen molar-refractivity contribution < 1.29 is 8.78 Å². The minimum absolute atomic E-state index is 0.152. The van der Waals surface area contributed by atoms with Crippen LogP contribution in [0.2, 0.25) is 0 Å². The fraction of sp³-hybridized carbons (Fsp3) is 0.174. The highest BCUT2D eigenvalue weighted by molar-refractivity contribution is 6.08. The number of aryl methyl sites for hydroxylation is 1. The quantitative estimate of drug-likeness (QED) is 0.639. The summed E-state index contributed by atoms with van der Waals surface area (Å²) in [4.78, 5) is 18.7. The van der Waals surface area contributed by atoms with Gasteiger partial charge in [-0.05, 0) is 55.1 Å². The zero-order chi connectivity index (χ0) is 22.0. The molecule has 0 bridgehead atoms. The number of hydrogen-bond acceptors (Lipinski definition) is 5. The molecule has 0 spiro atoms. The average Bonchev–Trinajstić information content (AvgIpc) is 2.73. The van der Waals surface area contributed by atoms with E-state index in [1.54, 1.807) is 27.9 Å². The number of benzene rings is 2. The number of nitrogens with zero attached hydrogens (tertiary/aromatic N) is 4. The Kier molecular flexibility index (Phi) is 5.37. The van der Waals surface area contributed by atoms with Crippen LogP contribution in [0.25, 0.3) is 5.69 Å². The first-order chi connectivity index (χ1) is 14.9. The minimum Gasteiger partial charge on any atom is -0.405 e. The van der Waals surface area contributed by atoms with Crippen LogP contribution in [0.15, 0.2) is 82.9 Å². The van der Waals surface area contributed by atoms with Crippen molar-refractivity contribution in [2.24, 2.45) is 10.7 Å². The summed E-state index contributed by atoms with van der Waals surface area (Å²) in [5, 5.41) is 4.48. The molecule has 2 heterocycles. The third-order valence-electron chi connectivity index (χ3n) is 4.95. The molecule has 0 saturated carbocycles. The molecule has 8 heteroatoms. The summed E-state index contributed by atoms with van der Waals surface area (Å²) < 4.78 is 27.9. The third-order valence-corrected chi connectivity index (χ3v) is 4.95. The molecule has 1 aromatic heterocycles. The van der Waals surface area contributed by atoms with Gasteiger partial charge in [-0.1, -0.05) is 18.2 Å². The molecule has 0 aliphatic carbocycles. The number of aliphatic imine (C=N–C) groups is 1. The monoisotopic (exact) mass is 421 g/mol. The molecule has 4 rings (SSSR count). The van der Waals surface area contributed by atoms with Crippen molar-refractivity contribution in [1.82, 2.24) is 9.78 Å². The van der Waals surface area contributed by atoms with E-state index in [4.69, 9.17) is 5.73 Å². The molecule has 158 valence electrons. The largest absolute Gasteiger partial charge is 0.405 e. The van der Waals surface area contributed by atoms with Crippen LogP contribution >= 0.6 is 0 Å². The number of rotatable bonds is 5. The lowest BCUT2D eigenvalue weighted by Crippen LogP contribution is -2.56. The predicted molar refractivity (Wildman–Crippen MR) is 118 cm³/mol. The highest BCUT2D eigenvalue weighted by Crippen LogP contribution is 2.33. The third kappa shape index (κ3) is 4.37. The molecule has 1 aliphatic heterocycles. The van der Waals surface area contributed by atoms with Gasteiger partial charge in [0.15, 0.2) is 5.69 Å². The van der Waals surface area contributed by atoms with Crippen LogP contribution in [-0.2, 0) is 0 Å². The molecule has 0 unspecified atom stereocenters. The lowest BCUT2D eigenvalue weighted by Gasteiger charge is -2.40. The van der Waals surface area contributed by atoms with Gasteiger partial charge in [-0.3, -0.25) is 4.79 Å². The standard InChI is InChI=1S/C23H21F2N5O/c1-16-13-18(29-14-23(24,25)15-29)7-8-20(16)30-12-10-21(31)22(28-30)19(9-11-26)27-17-5-3-2-4-6-17/h2-13H,14-15,26H2,1H3. The Balaban J connectivity index is 1.71. The molecule has 3 aromatic rings. The Morgan fingerprint density at radius 3 is 2.55 bits per heavy atom. The summed E-state index contributed by atoms with van der Waals surface area (Å²) in [5.74, 6) is -2.63. The number of anilines is 1. The molecule has 0 radical (unpaired) electrons. The zero-order valence-corrected chi connectivity index (χ0v) is 16.9. The first kappa shape index (κ1) is 20.5. The van der Waals surface area contributed by atoms with E-state index in [1.807, 2.05) is 43.3 Å². The van der Waals surface area contributed by atoms with E-state index in [0.717, 1.165) is 16.9 Å². The Morgan fingerprint density at radius 1 is 1.16 bits per heavy atom. The van der Waals surface area contributed by atoms with Gasteiger partial charge in [0, 0.05) is 18.0 Å². The Morgan fingerprint density at radius 2 is 1.90 bits per heavy atom. The van der Waals surface area contributed by atoms with Gasteiger partial charge in [0.2, 0.25) is 5.43 Å². The van der Waals surface area contributed by atoms with Crippen LogP contribution in [0.4, 0.5) is 20.2 Å². The van der Waals surface area contributed by atoms with Crippen LogP contribution in [0.3, 0.4) is 0 Å². The average molecular weight is 421 g/mol. The molecule has 31 heavy (non-hydrogen) atoms. The number of halogens is 2. The number of alkyl halides is 2. The number of allylic oxidation sites excluding steroid dienone is 1. The van der Waals surface area contributed by atoms with Crippen LogP contribution in [0, 0.1) is 6.92 Å². The van der Waals surface area contributed by atoms with E-state index < -0.39 is 5.92 Å². The highest BCUT2D eigenvalue weighted by Gasteiger charge is 2.43. The van der Waals surface area contributed by atoms with Crippen molar-refractivity contribution >= 4 is 17.1 Å². The predicted octanol–water partition coefficient (Wildman–Crippen LogP) is 3.59. The van der Waals surface area contributed by atoms with E-state index in [9.17, 15) is 13.6 Å². The second-order valence-corrected chi connectivity index (χ2v) is 7.35. The molecule has 1 fully saturated rings. The fourth-order valence-electron chi connectivity index (χ4n) is 3.41. The van der Waals surface area contributed by atoms with Crippen molar-refractivity contribution in [3.8, 4) is 5.69 Å². The smallest absolute Gasteiger partial charge is 0.282 e. The molecular weight excluding hydrogens is 400 g/mol. The molecule has 0 amide bonds. The molecule has 1 aliphatic rings. The number of nitrogens with two attached hydrogens (primary N) is 1.